The fourth-order valence-corrected chi connectivity index (χ4v) is 3.63. The number of carbonyl (C=O) groups is 1. The summed E-state index contributed by atoms with van der Waals surface area (Å²) in [4.78, 5) is 31.2. The van der Waals surface area contributed by atoms with Crippen LogP contribution in [0.1, 0.15) is 29.8 Å². The number of rotatable bonds is 4. The third kappa shape index (κ3) is 4.30. The molecule has 1 saturated heterocycles. The lowest BCUT2D eigenvalue weighted by Crippen LogP contribution is -2.48. The standard InChI is InChI=1S/C22H24N4O3/c1-15-13-25(14-16(2)29-15)22(28)18-8-6-17(7-9-18)12-23-19-11-21(27)26-10-4-3-5-20(26)24-19/h3-11,15-16,23H,12-14H2,1-2H3. The summed E-state index contributed by atoms with van der Waals surface area (Å²) in [6, 6.07) is 14.4. The first-order valence-electron chi connectivity index (χ1n) is 9.75. The molecule has 0 aliphatic carbocycles. The number of morpholine rings is 1. The molecule has 7 nitrogen and oxygen atoms in total. The summed E-state index contributed by atoms with van der Waals surface area (Å²) in [7, 11) is 0. The molecule has 1 aliphatic heterocycles. The molecule has 2 aromatic heterocycles. The van der Waals surface area contributed by atoms with Gasteiger partial charge in [0.2, 0.25) is 0 Å². The maximum atomic E-state index is 12.8. The van der Waals surface area contributed by atoms with E-state index in [-0.39, 0.29) is 23.7 Å². The van der Waals surface area contributed by atoms with Gasteiger partial charge in [-0.05, 0) is 43.7 Å². The zero-order valence-corrected chi connectivity index (χ0v) is 16.5. The normalized spacial score (nSPS) is 19.3. The second-order valence-electron chi connectivity index (χ2n) is 7.43. The predicted octanol–water partition coefficient (Wildman–Crippen LogP) is 2.56. The van der Waals surface area contributed by atoms with E-state index in [9.17, 15) is 9.59 Å². The Balaban J connectivity index is 1.42. The van der Waals surface area contributed by atoms with Crippen LogP contribution in [-0.2, 0) is 11.3 Å². The maximum absolute atomic E-state index is 12.8. The quantitative estimate of drug-likeness (QED) is 0.739. The van der Waals surface area contributed by atoms with Gasteiger partial charge in [-0.2, -0.15) is 0 Å². The molecule has 150 valence electrons. The topological polar surface area (TPSA) is 75.9 Å². The zero-order valence-electron chi connectivity index (χ0n) is 16.5. The first-order valence-corrected chi connectivity index (χ1v) is 9.75. The van der Waals surface area contributed by atoms with Crippen LogP contribution in [0.4, 0.5) is 5.82 Å². The number of pyridine rings is 1. The average molecular weight is 392 g/mol. The van der Waals surface area contributed by atoms with Gasteiger partial charge < -0.3 is 15.0 Å². The summed E-state index contributed by atoms with van der Waals surface area (Å²) in [6.07, 6.45) is 1.79. The molecule has 1 N–H and O–H groups in total. The Hall–Kier alpha value is -3.19. The van der Waals surface area contributed by atoms with Gasteiger partial charge in [0, 0.05) is 37.5 Å². The number of anilines is 1. The number of ether oxygens (including phenoxy) is 1. The van der Waals surface area contributed by atoms with Gasteiger partial charge in [-0.25, -0.2) is 4.98 Å². The Morgan fingerprint density at radius 3 is 2.59 bits per heavy atom. The van der Waals surface area contributed by atoms with Crippen LogP contribution in [0.15, 0.2) is 59.5 Å². The van der Waals surface area contributed by atoms with Gasteiger partial charge in [-0.1, -0.05) is 18.2 Å². The molecule has 0 bridgehead atoms. The van der Waals surface area contributed by atoms with Crippen LogP contribution in [0.5, 0.6) is 0 Å². The zero-order chi connectivity index (χ0) is 20.4. The van der Waals surface area contributed by atoms with E-state index >= 15 is 0 Å². The number of amides is 1. The van der Waals surface area contributed by atoms with Crippen molar-refractivity contribution in [3.63, 3.8) is 0 Å². The maximum Gasteiger partial charge on any atom is 0.259 e. The predicted molar refractivity (Wildman–Crippen MR) is 111 cm³/mol. The van der Waals surface area contributed by atoms with Crippen molar-refractivity contribution >= 4 is 17.4 Å². The second-order valence-corrected chi connectivity index (χ2v) is 7.43. The number of nitrogens with zero attached hydrogens (tertiary/aromatic N) is 3. The molecule has 0 saturated carbocycles. The molecule has 7 heteroatoms. The molecular formula is C22H24N4O3. The molecule has 2 atom stereocenters. The summed E-state index contributed by atoms with van der Waals surface area (Å²) in [5.41, 5.74) is 2.13. The van der Waals surface area contributed by atoms with E-state index in [0.29, 0.717) is 36.7 Å². The molecule has 1 aliphatic rings. The van der Waals surface area contributed by atoms with Gasteiger partial charge in [-0.3, -0.25) is 14.0 Å². The minimum absolute atomic E-state index is 0.0238. The van der Waals surface area contributed by atoms with Crippen molar-refractivity contribution in [1.82, 2.24) is 14.3 Å². The number of hydrogen-bond donors (Lipinski definition) is 1. The lowest BCUT2D eigenvalue weighted by molar-refractivity contribution is -0.0586. The Kier molecular flexibility index (Phi) is 5.31. The SMILES string of the molecule is CC1CN(C(=O)c2ccc(CNc3cc(=O)n4ccccc4n3)cc2)CC(C)O1. The summed E-state index contributed by atoms with van der Waals surface area (Å²) < 4.78 is 7.20. The fourth-order valence-electron chi connectivity index (χ4n) is 3.63. The highest BCUT2D eigenvalue weighted by Crippen LogP contribution is 2.15. The Morgan fingerprint density at radius 2 is 1.86 bits per heavy atom. The highest BCUT2D eigenvalue weighted by molar-refractivity contribution is 5.94. The molecule has 1 aromatic carbocycles. The van der Waals surface area contributed by atoms with Crippen molar-refractivity contribution in [2.45, 2.75) is 32.6 Å². The minimum atomic E-state index is -0.131. The van der Waals surface area contributed by atoms with Gasteiger partial charge >= 0.3 is 0 Å². The van der Waals surface area contributed by atoms with E-state index in [2.05, 4.69) is 10.3 Å². The van der Waals surface area contributed by atoms with E-state index < -0.39 is 0 Å². The van der Waals surface area contributed by atoms with E-state index in [1.807, 2.05) is 49.1 Å². The van der Waals surface area contributed by atoms with Crippen molar-refractivity contribution in [1.29, 1.82) is 0 Å². The molecule has 4 rings (SSSR count). The molecule has 0 spiro atoms. The van der Waals surface area contributed by atoms with Crippen molar-refractivity contribution < 1.29 is 9.53 Å². The highest BCUT2D eigenvalue weighted by Gasteiger charge is 2.26. The molecule has 3 heterocycles. The largest absolute Gasteiger partial charge is 0.372 e. The lowest BCUT2D eigenvalue weighted by atomic mass is 10.1. The average Bonchev–Trinajstić information content (AvgIpc) is 2.71. The van der Waals surface area contributed by atoms with Gasteiger partial charge in [0.25, 0.3) is 11.5 Å². The Morgan fingerprint density at radius 1 is 1.14 bits per heavy atom. The van der Waals surface area contributed by atoms with Gasteiger partial charge in [-0.15, -0.1) is 0 Å². The smallest absolute Gasteiger partial charge is 0.259 e. The van der Waals surface area contributed by atoms with Gasteiger partial charge in [0.05, 0.1) is 12.2 Å². The van der Waals surface area contributed by atoms with Crippen LogP contribution in [0, 0.1) is 0 Å². The summed E-state index contributed by atoms with van der Waals surface area (Å²) in [5, 5.41) is 3.18. The first-order chi connectivity index (χ1) is 14.0. The van der Waals surface area contributed by atoms with Gasteiger partial charge in [0.1, 0.15) is 11.5 Å². The van der Waals surface area contributed by atoms with Crippen molar-refractivity contribution in [2.24, 2.45) is 0 Å². The van der Waals surface area contributed by atoms with Crippen molar-refractivity contribution in [2.75, 3.05) is 18.4 Å². The Bertz CT molecular complexity index is 1070. The number of benzene rings is 1. The third-order valence-corrected chi connectivity index (χ3v) is 4.95. The fraction of sp³-hybridized carbons (Fsp3) is 0.318. The molecule has 2 unspecified atom stereocenters. The second kappa shape index (κ2) is 8.05. The number of fused-ring (bicyclic) bond motifs is 1. The van der Waals surface area contributed by atoms with Crippen LogP contribution >= 0.6 is 0 Å². The molecule has 1 fully saturated rings. The molecule has 3 aromatic rings. The van der Waals surface area contributed by atoms with E-state index in [0.717, 1.165) is 5.56 Å². The van der Waals surface area contributed by atoms with E-state index in [1.165, 1.54) is 10.5 Å². The van der Waals surface area contributed by atoms with Crippen LogP contribution in [0.2, 0.25) is 0 Å². The summed E-state index contributed by atoms with van der Waals surface area (Å²) >= 11 is 0. The summed E-state index contributed by atoms with van der Waals surface area (Å²) in [5.74, 6) is 0.549. The Labute approximate surface area is 168 Å². The number of carbonyl (C=O) groups excluding carboxylic acids is 1. The number of aromatic nitrogens is 2. The molecular weight excluding hydrogens is 368 g/mol. The lowest BCUT2D eigenvalue weighted by Gasteiger charge is -2.35. The molecule has 1 amide bonds. The first kappa shape index (κ1) is 19.1. The van der Waals surface area contributed by atoms with Crippen LogP contribution in [0.25, 0.3) is 5.65 Å². The molecule has 0 radical (unpaired) electrons. The monoisotopic (exact) mass is 392 g/mol. The van der Waals surface area contributed by atoms with E-state index in [1.54, 1.807) is 18.3 Å². The van der Waals surface area contributed by atoms with Crippen molar-refractivity contribution in [3.05, 3.63) is 76.2 Å². The van der Waals surface area contributed by atoms with Crippen LogP contribution in [0.3, 0.4) is 0 Å². The minimum Gasteiger partial charge on any atom is -0.372 e. The van der Waals surface area contributed by atoms with Crippen molar-refractivity contribution in [3.8, 4) is 0 Å². The highest BCUT2D eigenvalue weighted by atomic mass is 16.5. The van der Waals surface area contributed by atoms with E-state index in [4.69, 9.17) is 4.74 Å². The van der Waals surface area contributed by atoms with Crippen LogP contribution in [-0.4, -0.2) is 45.5 Å². The number of hydrogen-bond acceptors (Lipinski definition) is 5. The third-order valence-electron chi connectivity index (χ3n) is 4.95. The van der Waals surface area contributed by atoms with Crippen LogP contribution < -0.4 is 10.9 Å². The number of nitrogens with one attached hydrogen (secondary N) is 1. The van der Waals surface area contributed by atoms with Gasteiger partial charge in [0.15, 0.2) is 0 Å². The summed E-state index contributed by atoms with van der Waals surface area (Å²) in [6.45, 7) is 5.69. The molecule has 29 heavy (non-hydrogen) atoms.